The Morgan fingerprint density at radius 2 is 1.68 bits per heavy atom. The van der Waals surface area contributed by atoms with Crippen molar-refractivity contribution in [3.05, 3.63) is 53.1 Å². The van der Waals surface area contributed by atoms with Crippen LogP contribution in [0, 0.1) is 0 Å². The van der Waals surface area contributed by atoms with Crippen molar-refractivity contribution in [1.82, 2.24) is 0 Å². The van der Waals surface area contributed by atoms with Crippen molar-refractivity contribution < 1.29 is 9.53 Å². The van der Waals surface area contributed by atoms with Gasteiger partial charge < -0.3 is 4.74 Å². The highest BCUT2D eigenvalue weighted by Gasteiger charge is 2.04. The largest absolute Gasteiger partial charge is 0.491 e. The Labute approximate surface area is 118 Å². The fourth-order valence-electron chi connectivity index (χ4n) is 1.80. The zero-order valence-electron chi connectivity index (χ0n) is 10.9. The van der Waals surface area contributed by atoms with E-state index in [-0.39, 0.29) is 6.10 Å². The third-order valence-corrected chi connectivity index (χ3v) is 3.01. The van der Waals surface area contributed by atoms with E-state index >= 15 is 0 Å². The van der Waals surface area contributed by atoms with Gasteiger partial charge in [0.25, 0.3) is 0 Å². The van der Waals surface area contributed by atoms with Gasteiger partial charge in [-0.3, -0.25) is 4.79 Å². The molecule has 0 heterocycles. The number of aldehydes is 1. The van der Waals surface area contributed by atoms with Crippen molar-refractivity contribution in [2.24, 2.45) is 0 Å². The SMILES string of the molecule is CC(C)Oc1ccc(-c2ccc(C=O)c(Cl)c2)cc1. The minimum atomic E-state index is 0.159. The smallest absolute Gasteiger partial charge is 0.151 e. The Balaban J connectivity index is 2.27. The van der Waals surface area contributed by atoms with Crippen LogP contribution >= 0.6 is 11.6 Å². The van der Waals surface area contributed by atoms with Crippen LogP contribution in [0.5, 0.6) is 5.75 Å². The van der Waals surface area contributed by atoms with E-state index in [2.05, 4.69) is 0 Å². The van der Waals surface area contributed by atoms with Crippen molar-refractivity contribution in [2.75, 3.05) is 0 Å². The Morgan fingerprint density at radius 1 is 1.05 bits per heavy atom. The second kappa shape index (κ2) is 5.89. The number of carbonyl (C=O) groups excluding carboxylic acids is 1. The van der Waals surface area contributed by atoms with Gasteiger partial charge in [-0.15, -0.1) is 0 Å². The third-order valence-electron chi connectivity index (χ3n) is 2.69. The molecule has 0 fully saturated rings. The van der Waals surface area contributed by atoms with Crippen LogP contribution in [0.4, 0.5) is 0 Å². The topological polar surface area (TPSA) is 26.3 Å². The minimum Gasteiger partial charge on any atom is -0.491 e. The summed E-state index contributed by atoms with van der Waals surface area (Å²) in [7, 11) is 0. The first kappa shape index (κ1) is 13.6. The molecule has 98 valence electrons. The van der Waals surface area contributed by atoms with Crippen molar-refractivity contribution in [3.63, 3.8) is 0 Å². The van der Waals surface area contributed by atoms with E-state index in [0.717, 1.165) is 23.2 Å². The van der Waals surface area contributed by atoms with Gasteiger partial charge in [-0.1, -0.05) is 29.8 Å². The van der Waals surface area contributed by atoms with E-state index < -0.39 is 0 Å². The molecule has 0 unspecified atom stereocenters. The number of hydrogen-bond acceptors (Lipinski definition) is 2. The Morgan fingerprint density at radius 3 is 2.21 bits per heavy atom. The standard InChI is InChI=1S/C16H15ClO2/c1-11(2)19-15-7-5-12(6-8-15)13-3-4-14(10-18)16(17)9-13/h3-11H,1-2H3. The van der Waals surface area contributed by atoms with E-state index in [0.29, 0.717) is 10.6 Å². The summed E-state index contributed by atoms with van der Waals surface area (Å²) in [5, 5.41) is 0.468. The normalized spacial score (nSPS) is 10.5. The molecular formula is C16H15ClO2. The summed E-state index contributed by atoms with van der Waals surface area (Å²) in [6, 6.07) is 13.2. The number of benzene rings is 2. The van der Waals surface area contributed by atoms with Gasteiger partial charge in [0, 0.05) is 5.56 Å². The molecule has 2 nitrogen and oxygen atoms in total. The van der Waals surface area contributed by atoms with Gasteiger partial charge >= 0.3 is 0 Å². The van der Waals surface area contributed by atoms with Gasteiger partial charge in [-0.25, -0.2) is 0 Å². The van der Waals surface area contributed by atoms with Crippen LogP contribution in [0.2, 0.25) is 5.02 Å². The van der Waals surface area contributed by atoms with E-state index in [1.54, 1.807) is 12.1 Å². The van der Waals surface area contributed by atoms with Crippen LogP contribution in [0.25, 0.3) is 11.1 Å². The highest BCUT2D eigenvalue weighted by atomic mass is 35.5. The van der Waals surface area contributed by atoms with Gasteiger partial charge in [-0.05, 0) is 49.2 Å². The fourth-order valence-corrected chi connectivity index (χ4v) is 2.03. The number of hydrogen-bond donors (Lipinski definition) is 0. The molecule has 0 N–H and O–H groups in total. The molecule has 2 aromatic rings. The van der Waals surface area contributed by atoms with Crippen molar-refractivity contribution in [2.45, 2.75) is 20.0 Å². The molecule has 0 spiro atoms. The van der Waals surface area contributed by atoms with E-state index in [1.165, 1.54) is 0 Å². The molecule has 2 rings (SSSR count). The number of rotatable bonds is 4. The molecule has 0 bridgehead atoms. The van der Waals surface area contributed by atoms with Gasteiger partial charge in [-0.2, -0.15) is 0 Å². The molecule has 0 aliphatic rings. The van der Waals surface area contributed by atoms with Gasteiger partial charge in [0.05, 0.1) is 11.1 Å². The second-order valence-electron chi connectivity index (χ2n) is 4.55. The molecule has 0 aliphatic carbocycles. The minimum absolute atomic E-state index is 0.159. The lowest BCUT2D eigenvalue weighted by Crippen LogP contribution is -2.05. The molecular weight excluding hydrogens is 260 g/mol. The maximum absolute atomic E-state index is 10.7. The van der Waals surface area contributed by atoms with E-state index in [1.807, 2.05) is 44.2 Å². The third kappa shape index (κ3) is 3.36. The Bertz CT molecular complexity index is 574. The fraction of sp³-hybridized carbons (Fsp3) is 0.188. The van der Waals surface area contributed by atoms with Crippen LogP contribution in [-0.2, 0) is 0 Å². The summed E-state index contributed by atoms with van der Waals surface area (Å²) in [6.45, 7) is 3.98. The predicted molar refractivity (Wildman–Crippen MR) is 78.0 cm³/mol. The van der Waals surface area contributed by atoms with Gasteiger partial charge in [0.1, 0.15) is 5.75 Å². The second-order valence-corrected chi connectivity index (χ2v) is 4.95. The predicted octanol–water partition coefficient (Wildman–Crippen LogP) is 4.61. The number of halogens is 1. The number of carbonyl (C=O) groups is 1. The zero-order valence-corrected chi connectivity index (χ0v) is 11.6. The van der Waals surface area contributed by atoms with Crippen LogP contribution < -0.4 is 4.74 Å². The van der Waals surface area contributed by atoms with E-state index in [9.17, 15) is 4.79 Å². The van der Waals surface area contributed by atoms with Gasteiger partial charge in [0.2, 0.25) is 0 Å². The van der Waals surface area contributed by atoms with Crippen LogP contribution in [0.1, 0.15) is 24.2 Å². The molecule has 3 heteroatoms. The van der Waals surface area contributed by atoms with Crippen molar-refractivity contribution in [3.8, 4) is 16.9 Å². The van der Waals surface area contributed by atoms with E-state index in [4.69, 9.17) is 16.3 Å². The summed E-state index contributed by atoms with van der Waals surface area (Å²) in [5.41, 5.74) is 2.52. The monoisotopic (exact) mass is 274 g/mol. The molecule has 2 aromatic carbocycles. The first-order valence-electron chi connectivity index (χ1n) is 6.12. The van der Waals surface area contributed by atoms with Crippen molar-refractivity contribution >= 4 is 17.9 Å². The lowest BCUT2D eigenvalue weighted by Gasteiger charge is -2.10. The molecule has 0 aromatic heterocycles. The summed E-state index contributed by atoms with van der Waals surface area (Å²) in [6.07, 6.45) is 0.915. The van der Waals surface area contributed by atoms with Crippen molar-refractivity contribution in [1.29, 1.82) is 0 Å². The Kier molecular flexibility index (Phi) is 4.23. The van der Waals surface area contributed by atoms with Gasteiger partial charge in [0.15, 0.2) is 6.29 Å². The summed E-state index contributed by atoms with van der Waals surface area (Å²) >= 11 is 6.02. The molecule has 0 atom stereocenters. The first-order valence-corrected chi connectivity index (χ1v) is 6.50. The average molecular weight is 275 g/mol. The average Bonchev–Trinajstić information content (AvgIpc) is 2.39. The summed E-state index contributed by atoms with van der Waals surface area (Å²) in [4.78, 5) is 10.7. The lowest BCUT2D eigenvalue weighted by atomic mass is 10.0. The highest BCUT2D eigenvalue weighted by molar-refractivity contribution is 6.33. The molecule has 0 saturated heterocycles. The highest BCUT2D eigenvalue weighted by Crippen LogP contribution is 2.26. The summed E-state index contributed by atoms with van der Waals surface area (Å²) < 4.78 is 5.59. The van der Waals surface area contributed by atoms with Crippen LogP contribution in [-0.4, -0.2) is 12.4 Å². The lowest BCUT2D eigenvalue weighted by molar-refractivity contribution is 0.112. The summed E-state index contributed by atoms with van der Waals surface area (Å²) in [5.74, 6) is 0.842. The molecule has 19 heavy (non-hydrogen) atoms. The van der Waals surface area contributed by atoms with Crippen LogP contribution in [0.3, 0.4) is 0 Å². The molecule has 0 aliphatic heterocycles. The quantitative estimate of drug-likeness (QED) is 0.761. The number of ether oxygens (including phenoxy) is 1. The Hall–Kier alpha value is -1.80. The molecule has 0 radical (unpaired) electrons. The molecule has 0 amide bonds. The molecule has 0 saturated carbocycles. The zero-order chi connectivity index (χ0) is 13.8. The maximum Gasteiger partial charge on any atom is 0.151 e. The van der Waals surface area contributed by atoms with Crippen LogP contribution in [0.15, 0.2) is 42.5 Å². The first-order chi connectivity index (χ1) is 9.10. The maximum atomic E-state index is 10.7.